The zero-order chi connectivity index (χ0) is 12.3. The first kappa shape index (κ1) is 12.8. The third-order valence-electron chi connectivity index (χ3n) is 2.08. The molecule has 2 rings (SSSR count). The van der Waals surface area contributed by atoms with E-state index in [-0.39, 0.29) is 0 Å². The van der Waals surface area contributed by atoms with Crippen LogP contribution in [0, 0.1) is 0 Å². The van der Waals surface area contributed by atoms with Gasteiger partial charge in [-0.15, -0.1) is 11.3 Å². The molecule has 6 heteroatoms. The summed E-state index contributed by atoms with van der Waals surface area (Å²) in [5.74, 6) is 0. The molecule has 1 atom stereocenters. The smallest absolute Gasteiger partial charge is 0.107 e. The molecular weight excluding hydrogens is 272 g/mol. The SMILES string of the molecule is CS(=O)c1ccc(Sc2cnc(CN)s2)cc1. The van der Waals surface area contributed by atoms with Gasteiger partial charge in [0.1, 0.15) is 5.01 Å². The quantitative estimate of drug-likeness (QED) is 0.937. The van der Waals surface area contributed by atoms with Gasteiger partial charge in [0.2, 0.25) is 0 Å². The highest BCUT2D eigenvalue weighted by Crippen LogP contribution is 2.32. The summed E-state index contributed by atoms with van der Waals surface area (Å²) in [6.45, 7) is 0.485. The van der Waals surface area contributed by atoms with E-state index in [9.17, 15) is 4.21 Å². The maximum absolute atomic E-state index is 11.2. The van der Waals surface area contributed by atoms with Crippen LogP contribution >= 0.6 is 23.1 Å². The largest absolute Gasteiger partial charge is 0.325 e. The van der Waals surface area contributed by atoms with E-state index in [0.717, 1.165) is 19.0 Å². The Labute approximate surface area is 111 Å². The summed E-state index contributed by atoms with van der Waals surface area (Å²) in [4.78, 5) is 6.17. The fraction of sp³-hybridized carbons (Fsp3) is 0.182. The minimum absolute atomic E-state index is 0.485. The molecule has 0 bridgehead atoms. The molecule has 90 valence electrons. The van der Waals surface area contributed by atoms with Crippen molar-refractivity contribution in [2.75, 3.05) is 6.26 Å². The van der Waals surface area contributed by atoms with Crippen LogP contribution < -0.4 is 5.73 Å². The zero-order valence-electron chi connectivity index (χ0n) is 9.25. The van der Waals surface area contributed by atoms with E-state index in [1.54, 1.807) is 29.4 Å². The Morgan fingerprint density at radius 2 is 2.12 bits per heavy atom. The molecule has 0 spiro atoms. The third kappa shape index (κ3) is 3.38. The van der Waals surface area contributed by atoms with Gasteiger partial charge in [0.15, 0.2) is 0 Å². The molecular formula is C11H12N2OS3. The second kappa shape index (κ2) is 5.77. The number of benzene rings is 1. The van der Waals surface area contributed by atoms with E-state index in [1.165, 1.54) is 0 Å². The second-order valence-electron chi connectivity index (χ2n) is 3.30. The molecule has 0 radical (unpaired) electrons. The first-order valence-corrected chi connectivity index (χ1v) is 8.14. The van der Waals surface area contributed by atoms with E-state index < -0.39 is 10.8 Å². The van der Waals surface area contributed by atoms with Gasteiger partial charge in [-0.25, -0.2) is 4.98 Å². The molecule has 2 aromatic rings. The Hall–Kier alpha value is -0.690. The Balaban J connectivity index is 2.10. The lowest BCUT2D eigenvalue weighted by Crippen LogP contribution is -1.93. The minimum Gasteiger partial charge on any atom is -0.325 e. The average molecular weight is 284 g/mol. The fourth-order valence-electron chi connectivity index (χ4n) is 1.25. The van der Waals surface area contributed by atoms with Gasteiger partial charge in [-0.05, 0) is 24.3 Å². The van der Waals surface area contributed by atoms with Crippen molar-refractivity contribution in [3.63, 3.8) is 0 Å². The van der Waals surface area contributed by atoms with Crippen molar-refractivity contribution < 1.29 is 4.21 Å². The zero-order valence-corrected chi connectivity index (χ0v) is 11.7. The topological polar surface area (TPSA) is 56.0 Å². The number of nitrogens with two attached hydrogens (primary N) is 1. The molecule has 0 saturated carbocycles. The molecule has 1 aromatic carbocycles. The van der Waals surface area contributed by atoms with Crippen LogP contribution in [0.15, 0.2) is 44.5 Å². The molecule has 0 aliphatic carbocycles. The standard InChI is InChI=1S/C11H12N2OS3/c1-17(14)9-4-2-8(3-5-9)15-11-7-13-10(6-12)16-11/h2-5,7H,6,12H2,1H3. The van der Waals surface area contributed by atoms with Crippen molar-refractivity contribution in [3.05, 3.63) is 35.5 Å². The van der Waals surface area contributed by atoms with Crippen LogP contribution in [0.3, 0.4) is 0 Å². The lowest BCUT2D eigenvalue weighted by molar-refractivity contribution is 0.686. The first-order valence-electron chi connectivity index (χ1n) is 4.95. The van der Waals surface area contributed by atoms with Gasteiger partial charge in [0, 0.05) is 33.4 Å². The van der Waals surface area contributed by atoms with Gasteiger partial charge in [-0.1, -0.05) is 11.8 Å². The summed E-state index contributed by atoms with van der Waals surface area (Å²) in [5.41, 5.74) is 5.51. The molecule has 3 nitrogen and oxygen atoms in total. The van der Waals surface area contributed by atoms with Crippen molar-refractivity contribution in [3.8, 4) is 0 Å². The summed E-state index contributed by atoms with van der Waals surface area (Å²) in [6, 6.07) is 7.74. The number of nitrogens with zero attached hydrogens (tertiary/aromatic N) is 1. The lowest BCUT2D eigenvalue weighted by atomic mass is 10.4. The Kier molecular flexibility index (Phi) is 4.33. The van der Waals surface area contributed by atoms with Crippen LogP contribution in [-0.4, -0.2) is 15.4 Å². The molecule has 0 aliphatic heterocycles. The van der Waals surface area contributed by atoms with E-state index in [0.29, 0.717) is 6.54 Å². The van der Waals surface area contributed by atoms with Gasteiger partial charge in [0.25, 0.3) is 0 Å². The maximum atomic E-state index is 11.2. The monoisotopic (exact) mass is 284 g/mol. The first-order chi connectivity index (χ1) is 8.19. The molecule has 0 aliphatic rings. The van der Waals surface area contributed by atoms with Crippen molar-refractivity contribution in [1.82, 2.24) is 4.98 Å². The predicted octanol–water partition coefficient (Wildman–Crippen LogP) is 2.49. The van der Waals surface area contributed by atoms with Crippen molar-refractivity contribution in [1.29, 1.82) is 0 Å². The average Bonchev–Trinajstić information content (AvgIpc) is 2.77. The van der Waals surface area contributed by atoms with Gasteiger partial charge in [0.05, 0.1) is 10.4 Å². The molecule has 0 amide bonds. The molecule has 2 N–H and O–H groups in total. The fourth-order valence-corrected chi connectivity index (χ4v) is 3.65. The molecule has 17 heavy (non-hydrogen) atoms. The highest BCUT2D eigenvalue weighted by atomic mass is 32.2. The van der Waals surface area contributed by atoms with Crippen molar-refractivity contribution in [2.24, 2.45) is 5.73 Å². The second-order valence-corrected chi connectivity index (χ2v) is 7.17. The van der Waals surface area contributed by atoms with Gasteiger partial charge in [-0.3, -0.25) is 4.21 Å². The summed E-state index contributed by atoms with van der Waals surface area (Å²) in [6.07, 6.45) is 3.52. The Morgan fingerprint density at radius 1 is 1.41 bits per heavy atom. The number of hydrogen-bond donors (Lipinski definition) is 1. The number of aromatic nitrogens is 1. The highest BCUT2D eigenvalue weighted by Gasteiger charge is 2.03. The summed E-state index contributed by atoms with van der Waals surface area (Å²) < 4.78 is 12.4. The van der Waals surface area contributed by atoms with Gasteiger partial charge >= 0.3 is 0 Å². The molecule has 1 heterocycles. The lowest BCUT2D eigenvalue weighted by Gasteiger charge is -1.99. The van der Waals surface area contributed by atoms with E-state index in [2.05, 4.69) is 4.98 Å². The summed E-state index contributed by atoms with van der Waals surface area (Å²) in [7, 11) is -0.917. The third-order valence-corrected chi connectivity index (χ3v) is 5.15. The van der Waals surface area contributed by atoms with Crippen molar-refractivity contribution >= 4 is 33.9 Å². The predicted molar refractivity (Wildman–Crippen MR) is 72.9 cm³/mol. The number of hydrogen-bond acceptors (Lipinski definition) is 5. The molecule has 0 fully saturated rings. The number of rotatable bonds is 4. The Morgan fingerprint density at radius 3 is 2.65 bits per heavy atom. The molecule has 0 saturated heterocycles. The molecule has 1 aromatic heterocycles. The van der Waals surface area contributed by atoms with Crippen LogP contribution in [0.2, 0.25) is 0 Å². The van der Waals surface area contributed by atoms with E-state index in [4.69, 9.17) is 5.73 Å². The van der Waals surface area contributed by atoms with E-state index in [1.807, 2.05) is 30.5 Å². The van der Waals surface area contributed by atoms with Crippen LogP contribution in [0.5, 0.6) is 0 Å². The van der Waals surface area contributed by atoms with Crippen LogP contribution in [0.1, 0.15) is 5.01 Å². The van der Waals surface area contributed by atoms with Crippen LogP contribution in [-0.2, 0) is 17.3 Å². The van der Waals surface area contributed by atoms with Gasteiger partial charge in [-0.2, -0.15) is 0 Å². The van der Waals surface area contributed by atoms with Crippen LogP contribution in [0.4, 0.5) is 0 Å². The molecule has 1 unspecified atom stereocenters. The summed E-state index contributed by atoms with van der Waals surface area (Å²) >= 11 is 3.25. The van der Waals surface area contributed by atoms with E-state index >= 15 is 0 Å². The Bertz CT molecular complexity index is 522. The number of thiazole rings is 1. The highest BCUT2D eigenvalue weighted by molar-refractivity contribution is 8.01. The summed E-state index contributed by atoms with van der Waals surface area (Å²) in [5, 5.41) is 0.943. The normalized spacial score (nSPS) is 12.6. The van der Waals surface area contributed by atoms with Gasteiger partial charge < -0.3 is 5.73 Å². The van der Waals surface area contributed by atoms with Crippen LogP contribution in [0.25, 0.3) is 0 Å². The maximum Gasteiger partial charge on any atom is 0.107 e. The van der Waals surface area contributed by atoms with Crippen molar-refractivity contribution in [2.45, 2.75) is 20.5 Å². The minimum atomic E-state index is -0.917.